The molecule has 0 unspecified atom stereocenters. The molecule has 2 aromatic rings. The quantitative estimate of drug-likeness (QED) is 0.300. The number of rotatable bonds is 10. The standard InChI is InChI=1S/C26H39N3O4S/c1-5-7-15-27-26(28-16-8-6-2)18-34(32,33)23-14-11-20(29(3)4)17-22(23)24(25(26)31)19-9-12-21(30)13-10-19/h9-14,17,24-25,27-28,30-31H,5-8,15-16,18H2,1-4H3/t24-,25-/m1/s1. The first kappa shape index (κ1) is 26.5. The molecular formula is C26H39N3O4S. The third-order valence-electron chi connectivity index (χ3n) is 6.61. The van der Waals surface area contributed by atoms with E-state index in [0.717, 1.165) is 36.9 Å². The van der Waals surface area contributed by atoms with Crippen LogP contribution in [0.25, 0.3) is 0 Å². The van der Waals surface area contributed by atoms with Crippen molar-refractivity contribution in [2.45, 2.75) is 62.1 Å². The molecule has 0 fully saturated rings. The van der Waals surface area contributed by atoms with E-state index in [2.05, 4.69) is 24.5 Å². The summed E-state index contributed by atoms with van der Waals surface area (Å²) in [6.07, 6.45) is 2.57. The second-order valence-corrected chi connectivity index (χ2v) is 11.4. The maximum Gasteiger partial charge on any atom is 0.181 e. The highest BCUT2D eigenvalue weighted by atomic mass is 32.2. The van der Waals surface area contributed by atoms with E-state index in [4.69, 9.17) is 0 Å². The summed E-state index contributed by atoms with van der Waals surface area (Å²) in [4.78, 5) is 2.16. The molecule has 1 aliphatic heterocycles. The summed E-state index contributed by atoms with van der Waals surface area (Å²) in [5, 5.41) is 28.7. The van der Waals surface area contributed by atoms with Crippen LogP contribution in [0.15, 0.2) is 47.4 Å². The van der Waals surface area contributed by atoms with Crippen molar-refractivity contribution in [3.63, 3.8) is 0 Å². The summed E-state index contributed by atoms with van der Waals surface area (Å²) in [6, 6.07) is 12.0. The number of hydrogen-bond acceptors (Lipinski definition) is 7. The van der Waals surface area contributed by atoms with Crippen LogP contribution in [-0.2, 0) is 9.84 Å². The molecule has 8 heteroatoms. The molecule has 1 heterocycles. The van der Waals surface area contributed by atoms with E-state index in [0.29, 0.717) is 18.7 Å². The van der Waals surface area contributed by atoms with Crippen LogP contribution in [0.3, 0.4) is 0 Å². The fraction of sp³-hybridized carbons (Fsp3) is 0.538. The summed E-state index contributed by atoms with van der Waals surface area (Å²) in [6.45, 7) is 5.33. The van der Waals surface area contributed by atoms with Crippen molar-refractivity contribution in [1.29, 1.82) is 0 Å². The van der Waals surface area contributed by atoms with Gasteiger partial charge in [0.2, 0.25) is 0 Å². The van der Waals surface area contributed by atoms with E-state index in [9.17, 15) is 18.6 Å². The Balaban J connectivity index is 2.24. The van der Waals surface area contributed by atoms with Gasteiger partial charge >= 0.3 is 0 Å². The second kappa shape index (κ2) is 11.1. The minimum absolute atomic E-state index is 0.121. The molecule has 188 valence electrons. The summed E-state index contributed by atoms with van der Waals surface area (Å²) in [5.41, 5.74) is 0.956. The van der Waals surface area contributed by atoms with Crippen molar-refractivity contribution in [2.75, 3.05) is 37.8 Å². The van der Waals surface area contributed by atoms with Gasteiger partial charge in [0, 0.05) is 25.7 Å². The zero-order valence-corrected chi connectivity index (χ0v) is 21.5. The summed E-state index contributed by atoms with van der Waals surface area (Å²) >= 11 is 0. The number of benzene rings is 2. The molecule has 3 rings (SSSR count). The van der Waals surface area contributed by atoms with Crippen molar-refractivity contribution in [3.05, 3.63) is 53.6 Å². The van der Waals surface area contributed by atoms with Gasteiger partial charge in [0.15, 0.2) is 9.84 Å². The first-order valence-corrected chi connectivity index (χ1v) is 13.8. The number of aliphatic hydroxyl groups excluding tert-OH is 1. The number of fused-ring (bicyclic) bond motifs is 1. The zero-order chi connectivity index (χ0) is 24.9. The number of anilines is 1. The Hall–Kier alpha value is -2.13. The highest BCUT2D eigenvalue weighted by Crippen LogP contribution is 2.42. The van der Waals surface area contributed by atoms with E-state index in [1.54, 1.807) is 36.4 Å². The smallest absolute Gasteiger partial charge is 0.181 e. The average molecular weight is 490 g/mol. The maximum absolute atomic E-state index is 13.8. The van der Waals surface area contributed by atoms with Gasteiger partial charge < -0.3 is 15.1 Å². The Morgan fingerprint density at radius 1 is 1.00 bits per heavy atom. The van der Waals surface area contributed by atoms with E-state index in [1.165, 1.54) is 0 Å². The monoisotopic (exact) mass is 489 g/mol. The van der Waals surface area contributed by atoms with Crippen LogP contribution in [0, 0.1) is 0 Å². The first-order valence-electron chi connectivity index (χ1n) is 12.2. The van der Waals surface area contributed by atoms with Crippen molar-refractivity contribution in [2.24, 2.45) is 0 Å². The number of aliphatic hydroxyl groups is 1. The molecule has 0 aromatic heterocycles. The molecule has 0 amide bonds. The molecule has 4 N–H and O–H groups in total. The molecule has 0 saturated carbocycles. The van der Waals surface area contributed by atoms with Gasteiger partial charge in [-0.05, 0) is 67.4 Å². The first-order chi connectivity index (χ1) is 16.1. The molecule has 0 saturated heterocycles. The van der Waals surface area contributed by atoms with Crippen molar-refractivity contribution in [1.82, 2.24) is 10.6 Å². The maximum atomic E-state index is 13.8. The topological polar surface area (TPSA) is 102 Å². The Kier molecular flexibility index (Phi) is 8.62. The van der Waals surface area contributed by atoms with E-state index in [-0.39, 0.29) is 16.4 Å². The predicted molar refractivity (Wildman–Crippen MR) is 137 cm³/mol. The van der Waals surface area contributed by atoms with Gasteiger partial charge in [-0.3, -0.25) is 10.6 Å². The highest BCUT2D eigenvalue weighted by Gasteiger charge is 2.50. The second-order valence-electron chi connectivity index (χ2n) is 9.42. The summed E-state index contributed by atoms with van der Waals surface area (Å²) < 4.78 is 27.6. The number of nitrogens with zero attached hydrogens (tertiary/aromatic N) is 1. The normalized spacial score (nSPS) is 21.0. The largest absolute Gasteiger partial charge is 0.508 e. The Morgan fingerprint density at radius 3 is 2.12 bits per heavy atom. The summed E-state index contributed by atoms with van der Waals surface area (Å²) in [7, 11) is 0.0714. The van der Waals surface area contributed by atoms with Crippen molar-refractivity contribution in [3.8, 4) is 5.75 Å². The zero-order valence-electron chi connectivity index (χ0n) is 20.7. The Bertz CT molecular complexity index is 1040. The van der Waals surface area contributed by atoms with Crippen LogP contribution in [-0.4, -0.2) is 63.3 Å². The molecule has 0 bridgehead atoms. The van der Waals surface area contributed by atoms with Gasteiger partial charge in [0.05, 0.1) is 16.8 Å². The number of phenols is 1. The molecule has 0 spiro atoms. The van der Waals surface area contributed by atoms with Crippen LogP contribution in [0.1, 0.15) is 56.6 Å². The average Bonchev–Trinajstić information content (AvgIpc) is 2.86. The SMILES string of the molecule is CCCCNC1(NCCCC)CS(=O)(=O)c2ccc(N(C)C)cc2[C@@H](c2ccc(O)cc2)[C@H]1O. The number of sulfone groups is 1. The predicted octanol–water partition coefficient (Wildman–Crippen LogP) is 3.21. The molecular weight excluding hydrogens is 450 g/mol. The van der Waals surface area contributed by atoms with Crippen LogP contribution in [0.4, 0.5) is 5.69 Å². The van der Waals surface area contributed by atoms with Gasteiger partial charge in [-0.25, -0.2) is 8.42 Å². The van der Waals surface area contributed by atoms with Crippen molar-refractivity contribution >= 4 is 15.5 Å². The summed E-state index contributed by atoms with van der Waals surface area (Å²) in [5.74, 6) is -0.747. The lowest BCUT2D eigenvalue weighted by atomic mass is 9.81. The number of hydrogen-bond donors (Lipinski definition) is 4. The van der Waals surface area contributed by atoms with E-state index in [1.807, 2.05) is 25.1 Å². The number of phenolic OH excluding ortho intramolecular Hbond substituents is 1. The third-order valence-corrected chi connectivity index (χ3v) is 8.49. The van der Waals surface area contributed by atoms with Crippen molar-refractivity contribution < 1.29 is 18.6 Å². The van der Waals surface area contributed by atoms with Crippen LogP contribution in [0.5, 0.6) is 5.75 Å². The highest BCUT2D eigenvalue weighted by molar-refractivity contribution is 7.91. The minimum Gasteiger partial charge on any atom is -0.508 e. The lowest BCUT2D eigenvalue weighted by Gasteiger charge is -2.41. The van der Waals surface area contributed by atoms with Gasteiger partial charge in [0.1, 0.15) is 11.4 Å². The lowest BCUT2D eigenvalue weighted by molar-refractivity contribution is 0.0377. The molecule has 1 aliphatic rings. The van der Waals surface area contributed by atoms with Crippen LogP contribution >= 0.6 is 0 Å². The van der Waals surface area contributed by atoms with Gasteiger partial charge in [-0.1, -0.05) is 38.8 Å². The molecule has 7 nitrogen and oxygen atoms in total. The van der Waals surface area contributed by atoms with Crippen LogP contribution < -0.4 is 15.5 Å². The van der Waals surface area contributed by atoms with E-state index < -0.39 is 27.5 Å². The fourth-order valence-corrected chi connectivity index (χ4v) is 6.60. The lowest BCUT2D eigenvalue weighted by Crippen LogP contribution is -2.68. The number of unbranched alkanes of at least 4 members (excludes halogenated alkanes) is 2. The molecule has 34 heavy (non-hydrogen) atoms. The number of nitrogens with one attached hydrogen (secondary N) is 2. The van der Waals surface area contributed by atoms with Gasteiger partial charge in [-0.15, -0.1) is 0 Å². The fourth-order valence-electron chi connectivity index (χ4n) is 4.65. The Labute approximate surface area is 204 Å². The number of aromatic hydroxyl groups is 1. The molecule has 2 aromatic carbocycles. The Morgan fingerprint density at radius 2 is 1.59 bits per heavy atom. The molecule has 2 atom stereocenters. The van der Waals surface area contributed by atoms with Gasteiger partial charge in [0.25, 0.3) is 0 Å². The minimum atomic E-state index is -3.74. The van der Waals surface area contributed by atoms with Gasteiger partial charge in [-0.2, -0.15) is 0 Å². The van der Waals surface area contributed by atoms with Crippen LogP contribution in [0.2, 0.25) is 0 Å². The third kappa shape index (κ3) is 5.57. The van der Waals surface area contributed by atoms with E-state index >= 15 is 0 Å². The molecule has 0 aliphatic carbocycles. The molecule has 0 radical (unpaired) electrons.